The van der Waals surface area contributed by atoms with E-state index in [1.165, 1.54) is 5.56 Å². The second-order valence-electron chi connectivity index (χ2n) is 4.09. The summed E-state index contributed by atoms with van der Waals surface area (Å²) >= 11 is 4.98. The molecule has 0 aliphatic rings. The molecule has 2 aromatic rings. The molecule has 0 radical (unpaired) electrons. The SMILES string of the molecule is Cc1cc(C(N)=S)cc(NCc2ccccc2)n1. The lowest BCUT2D eigenvalue weighted by molar-refractivity contribution is 1.09. The predicted molar refractivity (Wildman–Crippen MR) is 78.6 cm³/mol. The van der Waals surface area contributed by atoms with Gasteiger partial charge < -0.3 is 11.1 Å². The van der Waals surface area contributed by atoms with Gasteiger partial charge in [0, 0.05) is 17.8 Å². The van der Waals surface area contributed by atoms with Crippen LogP contribution < -0.4 is 11.1 Å². The molecule has 0 saturated carbocycles. The predicted octanol–water partition coefficient (Wildman–Crippen LogP) is 2.64. The third-order valence-corrected chi connectivity index (χ3v) is 2.79. The quantitative estimate of drug-likeness (QED) is 0.827. The Morgan fingerprint density at radius 1 is 1.28 bits per heavy atom. The van der Waals surface area contributed by atoms with E-state index in [-0.39, 0.29) is 0 Å². The summed E-state index contributed by atoms with van der Waals surface area (Å²) in [5.74, 6) is 0.793. The van der Waals surface area contributed by atoms with Crippen molar-refractivity contribution in [1.82, 2.24) is 4.98 Å². The summed E-state index contributed by atoms with van der Waals surface area (Å²) < 4.78 is 0. The van der Waals surface area contributed by atoms with Crippen molar-refractivity contribution < 1.29 is 0 Å². The molecule has 92 valence electrons. The fourth-order valence-electron chi connectivity index (χ4n) is 1.69. The van der Waals surface area contributed by atoms with Gasteiger partial charge in [-0.1, -0.05) is 42.5 Å². The van der Waals surface area contributed by atoms with Crippen LogP contribution in [0.25, 0.3) is 0 Å². The van der Waals surface area contributed by atoms with Gasteiger partial charge in [0.25, 0.3) is 0 Å². The summed E-state index contributed by atoms with van der Waals surface area (Å²) in [4.78, 5) is 4.80. The van der Waals surface area contributed by atoms with E-state index >= 15 is 0 Å². The molecule has 18 heavy (non-hydrogen) atoms. The van der Waals surface area contributed by atoms with Gasteiger partial charge in [0.05, 0.1) is 0 Å². The van der Waals surface area contributed by atoms with Crippen molar-refractivity contribution in [3.63, 3.8) is 0 Å². The Morgan fingerprint density at radius 2 is 2.00 bits per heavy atom. The molecule has 0 spiro atoms. The first kappa shape index (κ1) is 12.5. The minimum absolute atomic E-state index is 0.392. The highest BCUT2D eigenvalue weighted by atomic mass is 32.1. The van der Waals surface area contributed by atoms with Crippen molar-refractivity contribution in [1.29, 1.82) is 0 Å². The number of hydrogen-bond acceptors (Lipinski definition) is 3. The molecule has 0 atom stereocenters. The van der Waals surface area contributed by atoms with Crippen LogP contribution in [0.5, 0.6) is 0 Å². The van der Waals surface area contributed by atoms with Crippen molar-refractivity contribution in [2.45, 2.75) is 13.5 Å². The number of pyridine rings is 1. The summed E-state index contributed by atoms with van der Waals surface area (Å²) in [6.45, 7) is 2.66. The molecule has 0 amide bonds. The number of nitrogens with two attached hydrogens (primary N) is 1. The van der Waals surface area contributed by atoms with E-state index in [9.17, 15) is 0 Å². The maximum atomic E-state index is 5.63. The van der Waals surface area contributed by atoms with Gasteiger partial charge in [-0.15, -0.1) is 0 Å². The first-order chi connectivity index (χ1) is 8.65. The van der Waals surface area contributed by atoms with Crippen LogP contribution in [0, 0.1) is 6.92 Å². The van der Waals surface area contributed by atoms with Gasteiger partial charge in [0.2, 0.25) is 0 Å². The Morgan fingerprint density at radius 3 is 2.67 bits per heavy atom. The molecule has 0 fully saturated rings. The molecule has 3 N–H and O–H groups in total. The smallest absolute Gasteiger partial charge is 0.127 e. The summed E-state index contributed by atoms with van der Waals surface area (Å²) in [5.41, 5.74) is 8.58. The third kappa shape index (κ3) is 3.28. The van der Waals surface area contributed by atoms with Gasteiger partial charge in [0.1, 0.15) is 10.8 Å². The number of thiocarbonyl (C=S) groups is 1. The Labute approximate surface area is 112 Å². The van der Waals surface area contributed by atoms with Crippen LogP contribution >= 0.6 is 12.2 Å². The molecule has 1 heterocycles. The zero-order chi connectivity index (χ0) is 13.0. The van der Waals surface area contributed by atoms with Crippen LogP contribution in [-0.2, 0) is 6.54 Å². The van der Waals surface area contributed by atoms with E-state index in [4.69, 9.17) is 18.0 Å². The maximum absolute atomic E-state index is 5.63. The molecule has 0 saturated heterocycles. The lowest BCUT2D eigenvalue weighted by atomic mass is 10.2. The number of hydrogen-bond donors (Lipinski definition) is 2. The van der Waals surface area contributed by atoms with E-state index in [1.54, 1.807) is 0 Å². The van der Waals surface area contributed by atoms with Gasteiger partial charge in [-0.25, -0.2) is 4.98 Å². The monoisotopic (exact) mass is 257 g/mol. The van der Waals surface area contributed by atoms with Gasteiger partial charge in [-0.2, -0.15) is 0 Å². The minimum Gasteiger partial charge on any atom is -0.389 e. The lowest BCUT2D eigenvalue weighted by Gasteiger charge is -2.08. The summed E-state index contributed by atoms with van der Waals surface area (Å²) in [5, 5.41) is 3.27. The van der Waals surface area contributed by atoms with Crippen LogP contribution in [0.2, 0.25) is 0 Å². The summed E-state index contributed by atoms with van der Waals surface area (Å²) in [6, 6.07) is 13.9. The lowest BCUT2D eigenvalue weighted by Crippen LogP contribution is -2.11. The average Bonchev–Trinajstić information content (AvgIpc) is 2.37. The van der Waals surface area contributed by atoms with Gasteiger partial charge in [0.15, 0.2) is 0 Å². The van der Waals surface area contributed by atoms with Crippen LogP contribution in [0.1, 0.15) is 16.8 Å². The van der Waals surface area contributed by atoms with E-state index in [1.807, 2.05) is 37.3 Å². The van der Waals surface area contributed by atoms with Crippen molar-refractivity contribution in [2.24, 2.45) is 5.73 Å². The molecule has 3 nitrogen and oxygen atoms in total. The minimum atomic E-state index is 0.392. The van der Waals surface area contributed by atoms with Crippen molar-refractivity contribution in [3.05, 3.63) is 59.3 Å². The number of nitrogens with one attached hydrogen (secondary N) is 1. The van der Waals surface area contributed by atoms with E-state index in [0.717, 1.165) is 23.6 Å². The van der Waals surface area contributed by atoms with Crippen molar-refractivity contribution in [3.8, 4) is 0 Å². The number of aryl methyl sites for hydroxylation is 1. The van der Waals surface area contributed by atoms with Crippen LogP contribution in [0.3, 0.4) is 0 Å². The van der Waals surface area contributed by atoms with Gasteiger partial charge in [-0.3, -0.25) is 0 Å². The van der Waals surface area contributed by atoms with Crippen molar-refractivity contribution >= 4 is 23.0 Å². The molecule has 0 aliphatic heterocycles. The third-order valence-electron chi connectivity index (χ3n) is 2.55. The Balaban J connectivity index is 2.12. The van der Waals surface area contributed by atoms with Crippen molar-refractivity contribution in [2.75, 3.05) is 5.32 Å². The first-order valence-corrected chi connectivity index (χ1v) is 6.12. The molecule has 2 rings (SSSR count). The molecular weight excluding hydrogens is 242 g/mol. The highest BCUT2D eigenvalue weighted by Crippen LogP contribution is 2.11. The van der Waals surface area contributed by atoms with E-state index < -0.39 is 0 Å². The first-order valence-electron chi connectivity index (χ1n) is 5.71. The topological polar surface area (TPSA) is 50.9 Å². The zero-order valence-electron chi connectivity index (χ0n) is 10.2. The zero-order valence-corrected chi connectivity index (χ0v) is 11.0. The molecule has 0 aliphatic carbocycles. The number of rotatable bonds is 4. The molecule has 0 bridgehead atoms. The number of anilines is 1. The second-order valence-corrected chi connectivity index (χ2v) is 4.53. The maximum Gasteiger partial charge on any atom is 0.127 e. The molecule has 1 aromatic carbocycles. The highest BCUT2D eigenvalue weighted by Gasteiger charge is 2.02. The molecular formula is C14H15N3S. The van der Waals surface area contributed by atoms with Gasteiger partial charge in [-0.05, 0) is 24.6 Å². The Kier molecular flexibility index (Phi) is 3.89. The fourth-order valence-corrected chi connectivity index (χ4v) is 1.81. The standard InChI is InChI=1S/C14H15N3S/c1-10-7-12(14(15)18)8-13(17-10)16-9-11-5-3-2-4-6-11/h2-8H,9H2,1H3,(H2,15,18)(H,16,17). The van der Waals surface area contributed by atoms with Gasteiger partial charge >= 0.3 is 0 Å². The van der Waals surface area contributed by atoms with Crippen LogP contribution in [0.4, 0.5) is 5.82 Å². The van der Waals surface area contributed by atoms with E-state index in [0.29, 0.717) is 4.99 Å². The number of nitrogens with zero attached hydrogens (tertiary/aromatic N) is 1. The Bertz CT molecular complexity index is 552. The normalized spacial score (nSPS) is 10.1. The second kappa shape index (κ2) is 5.60. The molecule has 1 aromatic heterocycles. The summed E-state index contributed by atoms with van der Waals surface area (Å²) in [6.07, 6.45) is 0. The molecule has 4 heteroatoms. The Hall–Kier alpha value is -1.94. The average molecular weight is 257 g/mol. The number of benzene rings is 1. The van der Waals surface area contributed by atoms with E-state index in [2.05, 4.69) is 22.4 Å². The fraction of sp³-hybridized carbons (Fsp3) is 0.143. The van der Waals surface area contributed by atoms with Crippen LogP contribution in [-0.4, -0.2) is 9.97 Å². The molecule has 0 unspecified atom stereocenters. The number of aromatic nitrogens is 1. The highest BCUT2D eigenvalue weighted by molar-refractivity contribution is 7.80. The van der Waals surface area contributed by atoms with Crippen LogP contribution in [0.15, 0.2) is 42.5 Å². The summed E-state index contributed by atoms with van der Waals surface area (Å²) in [7, 11) is 0. The largest absolute Gasteiger partial charge is 0.389 e.